The molecular weight excluding hydrogens is 582 g/mol. The molecule has 0 unspecified atom stereocenters. The van der Waals surface area contributed by atoms with Gasteiger partial charge in [0.05, 0.1) is 34.8 Å². The second kappa shape index (κ2) is 14.2. The van der Waals surface area contributed by atoms with Crippen molar-refractivity contribution < 1.29 is 29.4 Å². The molecule has 0 aliphatic carbocycles. The Kier molecular flexibility index (Phi) is 10.8. The van der Waals surface area contributed by atoms with Crippen LogP contribution in [0.4, 0.5) is 0 Å². The van der Waals surface area contributed by atoms with Gasteiger partial charge in [-0.05, 0) is 62.2 Å². The van der Waals surface area contributed by atoms with Crippen molar-refractivity contribution in [1.29, 1.82) is 0 Å². The van der Waals surface area contributed by atoms with Crippen LogP contribution >= 0.6 is 11.3 Å². The lowest BCUT2D eigenvalue weighted by molar-refractivity contribution is -0.144. The molecule has 4 rings (SSSR count). The lowest BCUT2D eigenvalue weighted by atomic mass is 9.85. The monoisotopic (exact) mass is 627 g/mol. The van der Waals surface area contributed by atoms with Crippen molar-refractivity contribution in [2.24, 2.45) is 11.3 Å². The number of benzene rings is 1. The van der Waals surface area contributed by atoms with Crippen molar-refractivity contribution in [3.63, 3.8) is 0 Å². The zero-order valence-corrected chi connectivity index (χ0v) is 27.0. The van der Waals surface area contributed by atoms with E-state index < -0.39 is 35.5 Å². The van der Waals surface area contributed by atoms with E-state index in [1.807, 2.05) is 69.3 Å². The number of hydrogen-bond donors (Lipinski definition) is 4. The second-order valence-electron chi connectivity index (χ2n) is 13.2. The number of hydrogen-bond acceptors (Lipinski definition) is 8. The minimum Gasteiger partial charge on any atom is -0.480 e. The predicted octanol–water partition coefficient (Wildman–Crippen LogP) is 2.98. The number of thiazole rings is 1. The first-order valence-corrected chi connectivity index (χ1v) is 16.1. The quantitative estimate of drug-likeness (QED) is 0.314. The standard InChI is InChI=1S/C32H45N5O6S/c1-19(22-6-8-23(9-7-22)28-20(2)33-18-44-28)34-30(42)25-15-24(38)16-37(25)31(43)29(32(3,4)5)35-26(39)14-21-10-12-36(13-11-21)17-27(40)41/h6-9,18-19,21,24-25,29,38H,10-17H2,1-5H3,(H,34,42)(H,35,39)(H,40,41)/t19-,24+,25-,29+/m0/s1. The number of carboxylic acid groups (broad SMARTS) is 1. The molecule has 0 radical (unpaired) electrons. The number of rotatable bonds is 10. The zero-order chi connectivity index (χ0) is 32.2. The van der Waals surface area contributed by atoms with E-state index in [4.69, 9.17) is 5.11 Å². The van der Waals surface area contributed by atoms with Crippen molar-refractivity contribution in [3.8, 4) is 10.4 Å². The number of β-amino-alcohol motifs (C(OH)–C–C–N with tert-alkyl or cyclic N) is 1. The van der Waals surface area contributed by atoms with Gasteiger partial charge in [-0.25, -0.2) is 4.98 Å². The predicted molar refractivity (Wildman–Crippen MR) is 168 cm³/mol. The number of aromatic nitrogens is 1. The van der Waals surface area contributed by atoms with E-state index in [2.05, 4.69) is 15.6 Å². The Morgan fingerprint density at radius 3 is 2.32 bits per heavy atom. The van der Waals surface area contributed by atoms with E-state index in [-0.39, 0.29) is 49.7 Å². The van der Waals surface area contributed by atoms with Crippen LogP contribution < -0.4 is 10.6 Å². The first-order chi connectivity index (χ1) is 20.7. The smallest absolute Gasteiger partial charge is 0.317 e. The van der Waals surface area contributed by atoms with Crippen LogP contribution in [0.3, 0.4) is 0 Å². The van der Waals surface area contributed by atoms with Crippen molar-refractivity contribution in [2.45, 2.75) is 84.5 Å². The molecule has 3 amide bonds. The number of piperidine rings is 1. The summed E-state index contributed by atoms with van der Waals surface area (Å²) in [5.74, 6) is -1.75. The van der Waals surface area contributed by atoms with Gasteiger partial charge in [-0.3, -0.25) is 24.1 Å². The Morgan fingerprint density at radius 2 is 1.75 bits per heavy atom. The molecule has 2 aliphatic heterocycles. The van der Waals surface area contributed by atoms with Gasteiger partial charge in [-0.2, -0.15) is 0 Å². The van der Waals surface area contributed by atoms with Crippen molar-refractivity contribution in [2.75, 3.05) is 26.2 Å². The summed E-state index contributed by atoms with van der Waals surface area (Å²) in [7, 11) is 0. The van der Waals surface area contributed by atoms with Gasteiger partial charge in [0.25, 0.3) is 0 Å². The highest BCUT2D eigenvalue weighted by Crippen LogP contribution is 2.30. The Labute approximate surface area is 263 Å². The van der Waals surface area contributed by atoms with Crippen LogP contribution in [-0.2, 0) is 19.2 Å². The molecule has 0 saturated carbocycles. The Hall–Kier alpha value is -3.35. The molecule has 11 nitrogen and oxygen atoms in total. The van der Waals surface area contributed by atoms with Gasteiger partial charge in [-0.15, -0.1) is 11.3 Å². The largest absolute Gasteiger partial charge is 0.480 e. The summed E-state index contributed by atoms with van der Waals surface area (Å²) in [5, 5.41) is 25.5. The molecule has 3 heterocycles. The molecule has 2 aromatic rings. The molecule has 4 atom stereocenters. The molecular formula is C32H45N5O6S. The molecule has 240 valence electrons. The summed E-state index contributed by atoms with van der Waals surface area (Å²) in [6, 6.07) is 5.86. The maximum absolute atomic E-state index is 13.9. The van der Waals surface area contributed by atoms with E-state index >= 15 is 0 Å². The topological polar surface area (TPSA) is 152 Å². The molecule has 1 aromatic carbocycles. The summed E-state index contributed by atoms with van der Waals surface area (Å²) in [6.07, 6.45) is 0.932. The van der Waals surface area contributed by atoms with Crippen molar-refractivity contribution >= 4 is 35.0 Å². The van der Waals surface area contributed by atoms with Gasteiger partial charge in [0.15, 0.2) is 0 Å². The first-order valence-electron chi connectivity index (χ1n) is 15.3. The summed E-state index contributed by atoms with van der Waals surface area (Å²) < 4.78 is 0. The summed E-state index contributed by atoms with van der Waals surface area (Å²) in [5.41, 5.74) is 4.11. The van der Waals surface area contributed by atoms with Crippen LogP contribution in [0, 0.1) is 18.3 Å². The fourth-order valence-corrected chi connectivity index (χ4v) is 6.85. The van der Waals surface area contributed by atoms with Gasteiger partial charge < -0.3 is 25.7 Å². The number of carbonyl (C=O) groups is 4. The van der Waals surface area contributed by atoms with E-state index in [0.717, 1.165) is 21.7 Å². The number of aliphatic carboxylic acids is 1. The molecule has 1 aromatic heterocycles. The van der Waals surface area contributed by atoms with Gasteiger partial charge >= 0.3 is 5.97 Å². The fraction of sp³-hybridized carbons (Fsp3) is 0.594. The highest BCUT2D eigenvalue weighted by Gasteiger charge is 2.44. The summed E-state index contributed by atoms with van der Waals surface area (Å²) >= 11 is 1.58. The average Bonchev–Trinajstić information content (AvgIpc) is 3.57. The zero-order valence-electron chi connectivity index (χ0n) is 26.2. The number of nitrogens with zero attached hydrogens (tertiary/aromatic N) is 3. The molecule has 44 heavy (non-hydrogen) atoms. The van der Waals surface area contributed by atoms with Crippen LogP contribution in [0.5, 0.6) is 0 Å². The average molecular weight is 628 g/mol. The lowest BCUT2D eigenvalue weighted by Crippen LogP contribution is -2.58. The number of nitrogens with one attached hydrogen (secondary N) is 2. The molecule has 0 spiro atoms. The van der Waals surface area contributed by atoms with E-state index in [1.54, 1.807) is 11.3 Å². The number of carboxylic acids is 1. The molecule has 12 heteroatoms. The van der Waals surface area contributed by atoms with E-state index in [1.165, 1.54) is 4.90 Å². The molecule has 0 bridgehead atoms. The fourth-order valence-electron chi connectivity index (χ4n) is 6.04. The third-order valence-electron chi connectivity index (χ3n) is 8.60. The summed E-state index contributed by atoms with van der Waals surface area (Å²) in [6.45, 7) is 10.7. The maximum Gasteiger partial charge on any atom is 0.317 e. The van der Waals surface area contributed by atoms with E-state index in [0.29, 0.717) is 25.9 Å². The van der Waals surface area contributed by atoms with Crippen molar-refractivity contribution in [1.82, 2.24) is 25.4 Å². The molecule has 4 N–H and O–H groups in total. The van der Waals surface area contributed by atoms with Gasteiger partial charge in [-0.1, -0.05) is 45.0 Å². The van der Waals surface area contributed by atoms with Crippen LogP contribution in [0.15, 0.2) is 29.8 Å². The second-order valence-corrected chi connectivity index (χ2v) is 14.1. The minimum absolute atomic E-state index is 0.00572. The van der Waals surface area contributed by atoms with Gasteiger partial charge in [0, 0.05) is 19.4 Å². The highest BCUT2D eigenvalue weighted by molar-refractivity contribution is 7.13. The lowest BCUT2D eigenvalue weighted by Gasteiger charge is -2.36. The SMILES string of the molecule is Cc1ncsc1-c1ccc([C@H](C)NC(=O)[C@@H]2C[C@@H](O)CN2C(=O)[C@@H](NC(=O)CC2CCN(CC(=O)O)CC2)C(C)(C)C)cc1. The number of likely N-dealkylation sites (tertiary alicyclic amines) is 2. The number of aliphatic hydroxyl groups is 1. The number of amides is 3. The van der Waals surface area contributed by atoms with Crippen LogP contribution in [0.25, 0.3) is 10.4 Å². The number of aryl methyl sites for hydroxylation is 1. The molecule has 2 saturated heterocycles. The Bertz CT molecular complexity index is 1330. The number of aliphatic hydroxyl groups excluding tert-OH is 1. The Morgan fingerprint density at radius 1 is 1.09 bits per heavy atom. The van der Waals surface area contributed by atoms with Crippen LogP contribution in [0.1, 0.15) is 70.7 Å². The van der Waals surface area contributed by atoms with Crippen LogP contribution in [0.2, 0.25) is 0 Å². The normalized spacial score (nSPS) is 21.1. The summed E-state index contributed by atoms with van der Waals surface area (Å²) in [4.78, 5) is 60.2. The third kappa shape index (κ3) is 8.42. The van der Waals surface area contributed by atoms with Crippen molar-refractivity contribution in [3.05, 3.63) is 41.0 Å². The van der Waals surface area contributed by atoms with E-state index in [9.17, 15) is 24.3 Å². The van der Waals surface area contributed by atoms with Crippen LogP contribution in [-0.4, -0.2) is 93.1 Å². The molecule has 2 aliphatic rings. The molecule has 2 fully saturated rings. The van der Waals surface area contributed by atoms with Gasteiger partial charge in [0.2, 0.25) is 17.7 Å². The highest BCUT2D eigenvalue weighted by atomic mass is 32.1. The van der Waals surface area contributed by atoms with Gasteiger partial charge in [0.1, 0.15) is 12.1 Å². The first kappa shape index (κ1) is 33.5. The Balaban J connectivity index is 1.38. The third-order valence-corrected chi connectivity index (χ3v) is 9.58. The number of carbonyl (C=O) groups excluding carboxylic acids is 3. The minimum atomic E-state index is -0.886. The maximum atomic E-state index is 13.9.